The molecule has 0 bridgehead atoms. The maximum absolute atomic E-state index is 12.0. The third-order valence-corrected chi connectivity index (χ3v) is 3.98. The molecule has 1 amide bonds. The van der Waals surface area contributed by atoms with Gasteiger partial charge in [0.15, 0.2) is 0 Å². The fraction of sp³-hybridized carbons (Fsp3) is 0.529. The highest BCUT2D eigenvalue weighted by Crippen LogP contribution is 2.16. The molecule has 1 aromatic rings. The molecule has 1 aliphatic rings. The Kier molecular flexibility index (Phi) is 8.74. The van der Waals surface area contributed by atoms with Crippen LogP contribution in [0.2, 0.25) is 0 Å². The first kappa shape index (κ1) is 20.4. The fourth-order valence-corrected chi connectivity index (χ4v) is 2.71. The zero-order chi connectivity index (χ0) is 16.7. The van der Waals surface area contributed by atoms with Gasteiger partial charge in [-0.3, -0.25) is 14.5 Å². The van der Waals surface area contributed by atoms with Crippen LogP contribution >= 0.6 is 12.4 Å². The number of amides is 1. The van der Waals surface area contributed by atoms with E-state index in [0.29, 0.717) is 32.7 Å². The van der Waals surface area contributed by atoms with E-state index in [-0.39, 0.29) is 24.9 Å². The first-order valence-electron chi connectivity index (χ1n) is 7.99. The van der Waals surface area contributed by atoms with Gasteiger partial charge in [0.1, 0.15) is 6.04 Å². The van der Waals surface area contributed by atoms with Crippen LogP contribution in [0.15, 0.2) is 24.3 Å². The third-order valence-electron chi connectivity index (χ3n) is 3.98. The number of likely N-dealkylation sites (tertiary alicyclic amines) is 1. The van der Waals surface area contributed by atoms with Crippen LogP contribution in [0.5, 0.6) is 0 Å². The lowest BCUT2D eigenvalue weighted by Crippen LogP contribution is -2.42. The molecule has 1 aliphatic heterocycles. The first-order chi connectivity index (χ1) is 11.1. The number of nitrogens with zero attached hydrogens (tertiary/aromatic N) is 1. The average molecular weight is 357 g/mol. The molecule has 1 heterocycles. The number of benzene rings is 1. The zero-order valence-electron chi connectivity index (χ0n) is 13.9. The second kappa shape index (κ2) is 10.3. The van der Waals surface area contributed by atoms with Crippen LogP contribution in [0.1, 0.15) is 30.9 Å². The Labute approximate surface area is 148 Å². The molecule has 134 valence electrons. The Bertz CT molecular complexity index is 536. The minimum atomic E-state index is -0.847. The van der Waals surface area contributed by atoms with Gasteiger partial charge in [-0.05, 0) is 37.4 Å². The van der Waals surface area contributed by atoms with E-state index in [1.165, 1.54) is 0 Å². The molecule has 2 rings (SSSR count). The second-order valence-corrected chi connectivity index (χ2v) is 5.70. The Balaban J connectivity index is 0.00000288. The lowest BCUT2D eigenvalue weighted by molar-refractivity contribution is -0.142. The first-order valence-corrected chi connectivity index (χ1v) is 7.99. The van der Waals surface area contributed by atoms with E-state index in [0.717, 1.165) is 17.5 Å². The molecule has 1 atom stereocenters. The predicted molar refractivity (Wildman–Crippen MR) is 93.1 cm³/mol. The zero-order valence-corrected chi connectivity index (χ0v) is 14.7. The van der Waals surface area contributed by atoms with Crippen molar-refractivity contribution in [1.82, 2.24) is 10.2 Å². The molecule has 1 aromatic carbocycles. The third kappa shape index (κ3) is 6.11. The normalized spacial score (nSPS) is 17.3. The van der Waals surface area contributed by atoms with Crippen LogP contribution in [0, 0.1) is 0 Å². The topological polar surface area (TPSA) is 78.9 Å². The van der Waals surface area contributed by atoms with Gasteiger partial charge in [0, 0.05) is 13.2 Å². The number of rotatable bonds is 8. The van der Waals surface area contributed by atoms with Crippen LogP contribution in [0.4, 0.5) is 0 Å². The van der Waals surface area contributed by atoms with Gasteiger partial charge >= 0.3 is 5.97 Å². The SMILES string of the molecule is CCOCc1ccc(CNC(=O)CN2CCC[C@@H]2C(=O)O)cc1.Cl. The van der Waals surface area contributed by atoms with Crippen LogP contribution in [-0.2, 0) is 27.5 Å². The predicted octanol–water partition coefficient (Wildman–Crippen LogP) is 1.81. The summed E-state index contributed by atoms with van der Waals surface area (Å²) in [5.74, 6) is -0.989. The molecule has 0 radical (unpaired) electrons. The molecular formula is C17H25ClN2O4. The summed E-state index contributed by atoms with van der Waals surface area (Å²) in [6.07, 6.45) is 1.44. The Hall–Kier alpha value is -1.63. The minimum Gasteiger partial charge on any atom is -0.480 e. The number of carboxylic acids is 1. The molecular weight excluding hydrogens is 332 g/mol. The van der Waals surface area contributed by atoms with E-state index in [2.05, 4.69) is 5.32 Å². The van der Waals surface area contributed by atoms with Gasteiger partial charge in [-0.25, -0.2) is 0 Å². The highest BCUT2D eigenvalue weighted by Gasteiger charge is 2.31. The Morgan fingerprint density at radius 1 is 1.29 bits per heavy atom. The van der Waals surface area contributed by atoms with Crippen molar-refractivity contribution >= 4 is 24.3 Å². The van der Waals surface area contributed by atoms with Gasteiger partial charge in [-0.1, -0.05) is 24.3 Å². The highest BCUT2D eigenvalue weighted by molar-refractivity contribution is 5.85. The summed E-state index contributed by atoms with van der Waals surface area (Å²) in [6.45, 7) is 4.48. The Morgan fingerprint density at radius 2 is 1.96 bits per heavy atom. The van der Waals surface area contributed by atoms with Gasteiger partial charge in [-0.15, -0.1) is 12.4 Å². The quantitative estimate of drug-likeness (QED) is 0.742. The van der Waals surface area contributed by atoms with E-state index >= 15 is 0 Å². The number of carbonyl (C=O) groups is 2. The van der Waals surface area contributed by atoms with E-state index in [4.69, 9.17) is 9.84 Å². The molecule has 0 saturated carbocycles. The lowest BCUT2D eigenvalue weighted by atomic mass is 10.1. The molecule has 0 aromatic heterocycles. The van der Waals surface area contributed by atoms with E-state index in [9.17, 15) is 9.59 Å². The lowest BCUT2D eigenvalue weighted by Gasteiger charge is -2.20. The van der Waals surface area contributed by atoms with Gasteiger partial charge in [0.05, 0.1) is 13.2 Å². The molecule has 0 unspecified atom stereocenters. The number of aliphatic carboxylic acids is 1. The van der Waals surface area contributed by atoms with Gasteiger partial charge in [0.2, 0.25) is 5.91 Å². The fourth-order valence-electron chi connectivity index (χ4n) is 2.71. The maximum atomic E-state index is 12.0. The maximum Gasteiger partial charge on any atom is 0.320 e. The Morgan fingerprint density at radius 3 is 2.58 bits per heavy atom. The smallest absolute Gasteiger partial charge is 0.320 e. The van der Waals surface area contributed by atoms with Crippen molar-refractivity contribution in [1.29, 1.82) is 0 Å². The van der Waals surface area contributed by atoms with Crippen molar-refractivity contribution in [3.63, 3.8) is 0 Å². The van der Waals surface area contributed by atoms with E-state index in [1.54, 1.807) is 4.90 Å². The number of halogens is 1. The number of carboxylic acid groups (broad SMARTS) is 1. The van der Waals surface area contributed by atoms with Crippen molar-refractivity contribution in [3.8, 4) is 0 Å². The van der Waals surface area contributed by atoms with Gasteiger partial charge in [-0.2, -0.15) is 0 Å². The van der Waals surface area contributed by atoms with Crippen LogP contribution in [0.3, 0.4) is 0 Å². The summed E-state index contributed by atoms with van der Waals surface area (Å²) in [4.78, 5) is 24.8. The highest BCUT2D eigenvalue weighted by atomic mass is 35.5. The van der Waals surface area contributed by atoms with Crippen molar-refractivity contribution < 1.29 is 19.4 Å². The summed E-state index contributed by atoms with van der Waals surface area (Å²) in [6, 6.07) is 7.37. The average Bonchev–Trinajstić information content (AvgIpc) is 3.00. The molecule has 1 saturated heterocycles. The van der Waals surface area contributed by atoms with Crippen LogP contribution < -0.4 is 5.32 Å². The van der Waals surface area contributed by atoms with Crippen molar-refractivity contribution in [2.45, 2.75) is 39.0 Å². The molecule has 0 aliphatic carbocycles. The summed E-state index contributed by atoms with van der Waals surface area (Å²) in [7, 11) is 0. The number of nitrogens with one attached hydrogen (secondary N) is 1. The van der Waals surface area contributed by atoms with Gasteiger partial charge < -0.3 is 15.2 Å². The molecule has 24 heavy (non-hydrogen) atoms. The van der Waals surface area contributed by atoms with Crippen LogP contribution in [-0.4, -0.2) is 47.6 Å². The minimum absolute atomic E-state index is 0. The van der Waals surface area contributed by atoms with E-state index in [1.807, 2.05) is 31.2 Å². The van der Waals surface area contributed by atoms with Crippen molar-refractivity contribution in [2.24, 2.45) is 0 Å². The van der Waals surface area contributed by atoms with Crippen molar-refractivity contribution in [2.75, 3.05) is 19.7 Å². The summed E-state index contributed by atoms with van der Waals surface area (Å²) >= 11 is 0. The standard InChI is InChI=1S/C17H24N2O4.ClH/c1-2-23-12-14-7-5-13(6-8-14)10-18-16(20)11-19-9-3-4-15(19)17(21)22;/h5-8,15H,2-4,9-12H2,1H3,(H,18,20)(H,21,22);1H/t15-;/m1./s1. The van der Waals surface area contributed by atoms with Gasteiger partial charge in [0.25, 0.3) is 0 Å². The summed E-state index contributed by atoms with van der Waals surface area (Å²) in [5, 5.41) is 12.0. The summed E-state index contributed by atoms with van der Waals surface area (Å²) < 4.78 is 5.34. The molecule has 2 N–H and O–H groups in total. The van der Waals surface area contributed by atoms with E-state index < -0.39 is 12.0 Å². The molecule has 7 heteroatoms. The monoisotopic (exact) mass is 356 g/mol. The summed E-state index contributed by atoms with van der Waals surface area (Å²) in [5.41, 5.74) is 2.11. The second-order valence-electron chi connectivity index (χ2n) is 5.70. The number of carbonyl (C=O) groups excluding carboxylic acids is 1. The van der Waals surface area contributed by atoms with Crippen LogP contribution in [0.25, 0.3) is 0 Å². The number of hydrogen-bond acceptors (Lipinski definition) is 4. The molecule has 1 fully saturated rings. The molecule has 6 nitrogen and oxygen atoms in total. The van der Waals surface area contributed by atoms with Crippen molar-refractivity contribution in [3.05, 3.63) is 35.4 Å². The largest absolute Gasteiger partial charge is 0.480 e. The number of ether oxygens (including phenoxy) is 1. The number of hydrogen-bond donors (Lipinski definition) is 2. The molecule has 0 spiro atoms.